The molecular weight excluding hydrogens is 302 g/mol. The molecule has 0 aromatic heterocycles. The summed E-state index contributed by atoms with van der Waals surface area (Å²) >= 11 is 0. The molecule has 1 N–H and O–H groups in total. The van der Waals surface area contributed by atoms with Crippen molar-refractivity contribution in [1.82, 2.24) is 0 Å². The molecule has 1 amide bonds. The molecule has 1 rings (SSSR count). The van der Waals surface area contributed by atoms with Crippen molar-refractivity contribution >= 4 is 11.6 Å². The zero-order chi connectivity index (χ0) is 16.4. The fourth-order valence-electron chi connectivity index (χ4n) is 1.61. The fourth-order valence-corrected chi connectivity index (χ4v) is 1.61. The molecule has 3 nitrogen and oxygen atoms in total. The van der Waals surface area contributed by atoms with Gasteiger partial charge in [-0.1, -0.05) is 12.1 Å². The van der Waals surface area contributed by atoms with Crippen LogP contribution in [0.25, 0.3) is 0 Å². The number of hydrogen-bond acceptors (Lipinski definition) is 2. The Morgan fingerprint density at radius 2 is 1.71 bits per heavy atom. The second-order valence-corrected chi connectivity index (χ2v) is 4.11. The Morgan fingerprint density at radius 3 is 2.14 bits per heavy atom. The lowest BCUT2D eigenvalue weighted by atomic mass is 10.1. The summed E-state index contributed by atoms with van der Waals surface area (Å²) in [6.45, 7) is 1.43. The van der Waals surface area contributed by atoms with Crippen LogP contribution in [0.1, 0.15) is 11.1 Å². The first-order chi connectivity index (χ1) is 9.48. The molecule has 0 saturated carbocycles. The zero-order valence-electron chi connectivity index (χ0n) is 10.4. The minimum absolute atomic E-state index is 0.200. The number of carbonyl (C=O) groups is 1. The van der Waals surface area contributed by atoms with Gasteiger partial charge >= 0.3 is 12.4 Å². The van der Waals surface area contributed by atoms with Gasteiger partial charge in [-0.3, -0.25) is 4.79 Å². The van der Waals surface area contributed by atoms with Crippen LogP contribution in [0.5, 0.6) is 0 Å². The quantitative estimate of drug-likeness (QED) is 0.849. The van der Waals surface area contributed by atoms with Gasteiger partial charge in [-0.2, -0.15) is 31.6 Å². The molecule has 114 valence electrons. The van der Waals surface area contributed by atoms with Crippen molar-refractivity contribution in [3.63, 3.8) is 0 Å². The molecule has 0 saturated heterocycles. The first-order valence-corrected chi connectivity index (χ1v) is 5.42. The van der Waals surface area contributed by atoms with Crippen molar-refractivity contribution in [3.8, 4) is 6.07 Å². The summed E-state index contributed by atoms with van der Waals surface area (Å²) in [7, 11) is 0. The van der Waals surface area contributed by atoms with E-state index in [1.165, 1.54) is 24.4 Å². The molecule has 21 heavy (non-hydrogen) atoms. The number of nitriles is 1. The molecule has 1 aromatic carbocycles. The Kier molecular flexibility index (Phi) is 4.51. The molecule has 0 aliphatic heterocycles. The summed E-state index contributed by atoms with van der Waals surface area (Å²) in [6, 6.07) is 5.38. The van der Waals surface area contributed by atoms with Crippen LogP contribution in [0, 0.1) is 24.2 Å². The van der Waals surface area contributed by atoms with Crippen molar-refractivity contribution < 1.29 is 31.1 Å². The van der Waals surface area contributed by atoms with Crippen molar-refractivity contribution in [1.29, 1.82) is 5.26 Å². The topological polar surface area (TPSA) is 52.9 Å². The maximum absolute atomic E-state index is 12.4. The Hall–Kier alpha value is -2.24. The van der Waals surface area contributed by atoms with Crippen molar-refractivity contribution in [3.05, 3.63) is 29.3 Å². The number of halogens is 6. The van der Waals surface area contributed by atoms with Crippen LogP contribution in [0.15, 0.2) is 18.2 Å². The number of anilines is 1. The number of carbonyl (C=O) groups excluding carboxylic acids is 1. The first kappa shape index (κ1) is 16.8. The van der Waals surface area contributed by atoms with E-state index in [2.05, 4.69) is 0 Å². The molecule has 0 fully saturated rings. The lowest BCUT2D eigenvalue weighted by Gasteiger charge is -2.22. The van der Waals surface area contributed by atoms with Gasteiger partial charge < -0.3 is 5.32 Å². The van der Waals surface area contributed by atoms with E-state index in [9.17, 15) is 31.1 Å². The molecule has 0 bridgehead atoms. The zero-order valence-corrected chi connectivity index (χ0v) is 10.4. The SMILES string of the molecule is Cc1cccc(NC(=O)C(C(F)(F)F)C(F)(F)F)c1C#N. The molecule has 0 radical (unpaired) electrons. The second-order valence-electron chi connectivity index (χ2n) is 4.11. The maximum atomic E-state index is 12.4. The molecule has 1 aromatic rings. The standard InChI is InChI=1S/C12H8F6N2O/c1-6-3-2-4-8(7(6)5-19)20-10(21)9(11(13,14)15)12(16,17)18/h2-4,9H,1H3,(H,20,21). The Balaban J connectivity index is 3.16. The van der Waals surface area contributed by atoms with Crippen LogP contribution >= 0.6 is 0 Å². The Bertz CT molecular complexity index is 571. The lowest BCUT2D eigenvalue weighted by Crippen LogP contribution is -2.45. The van der Waals surface area contributed by atoms with E-state index in [1.807, 2.05) is 0 Å². The van der Waals surface area contributed by atoms with Crippen LogP contribution in [-0.4, -0.2) is 18.3 Å². The van der Waals surface area contributed by atoms with E-state index in [-0.39, 0.29) is 5.56 Å². The third kappa shape index (κ3) is 3.87. The third-order valence-electron chi connectivity index (χ3n) is 2.56. The van der Waals surface area contributed by atoms with Crippen molar-refractivity contribution in [2.24, 2.45) is 5.92 Å². The predicted octanol–water partition coefficient (Wildman–Crippen LogP) is 3.55. The van der Waals surface area contributed by atoms with Crippen molar-refractivity contribution in [2.45, 2.75) is 19.3 Å². The summed E-state index contributed by atoms with van der Waals surface area (Å²) in [5.41, 5.74) is -0.291. The average molecular weight is 310 g/mol. The van der Waals surface area contributed by atoms with Gasteiger partial charge in [0.15, 0.2) is 0 Å². The average Bonchev–Trinajstić information content (AvgIpc) is 2.24. The number of nitrogens with one attached hydrogen (secondary N) is 1. The first-order valence-electron chi connectivity index (χ1n) is 5.42. The van der Waals surface area contributed by atoms with Gasteiger partial charge in [0.2, 0.25) is 11.8 Å². The normalized spacial score (nSPS) is 12.1. The Morgan fingerprint density at radius 1 is 1.19 bits per heavy atom. The number of hydrogen-bond donors (Lipinski definition) is 1. The number of benzene rings is 1. The highest BCUT2D eigenvalue weighted by molar-refractivity contribution is 5.95. The summed E-state index contributed by atoms with van der Waals surface area (Å²) in [5.74, 6) is -6.44. The van der Waals surface area contributed by atoms with Crippen LogP contribution in [0.4, 0.5) is 32.0 Å². The van der Waals surface area contributed by atoms with Crippen LogP contribution in [0.3, 0.4) is 0 Å². The van der Waals surface area contributed by atoms with Gasteiger partial charge in [0.1, 0.15) is 6.07 Å². The number of aryl methyl sites for hydroxylation is 1. The van der Waals surface area contributed by atoms with Gasteiger partial charge in [-0.25, -0.2) is 0 Å². The van der Waals surface area contributed by atoms with E-state index < -0.39 is 29.9 Å². The van der Waals surface area contributed by atoms with E-state index >= 15 is 0 Å². The summed E-state index contributed by atoms with van der Waals surface area (Å²) in [5, 5.41) is 10.3. The molecular formula is C12H8F6N2O. The summed E-state index contributed by atoms with van der Waals surface area (Å²) in [4.78, 5) is 11.3. The minimum atomic E-state index is -5.78. The molecule has 0 spiro atoms. The van der Waals surface area contributed by atoms with E-state index in [0.717, 1.165) is 6.07 Å². The molecule has 0 atom stereocenters. The molecule has 0 aliphatic rings. The van der Waals surface area contributed by atoms with Crippen molar-refractivity contribution in [2.75, 3.05) is 5.32 Å². The number of rotatable bonds is 2. The monoisotopic (exact) mass is 310 g/mol. The number of amides is 1. The highest BCUT2D eigenvalue weighted by Crippen LogP contribution is 2.40. The lowest BCUT2D eigenvalue weighted by molar-refractivity contribution is -0.272. The van der Waals surface area contributed by atoms with Gasteiger partial charge in [-0.05, 0) is 18.6 Å². The predicted molar refractivity (Wildman–Crippen MR) is 60.1 cm³/mol. The number of alkyl halides is 6. The van der Waals surface area contributed by atoms with Gasteiger partial charge in [0.25, 0.3) is 0 Å². The van der Waals surface area contributed by atoms with E-state index in [1.54, 1.807) is 6.07 Å². The third-order valence-corrected chi connectivity index (χ3v) is 2.56. The summed E-state index contributed by atoms with van der Waals surface area (Å²) < 4.78 is 74.3. The molecule has 0 heterocycles. The largest absolute Gasteiger partial charge is 0.409 e. The van der Waals surface area contributed by atoms with Crippen LogP contribution in [-0.2, 0) is 4.79 Å². The second kappa shape index (κ2) is 5.63. The van der Waals surface area contributed by atoms with Gasteiger partial charge in [-0.15, -0.1) is 0 Å². The van der Waals surface area contributed by atoms with Gasteiger partial charge in [0, 0.05) is 0 Å². The van der Waals surface area contributed by atoms with Crippen LogP contribution in [0.2, 0.25) is 0 Å². The van der Waals surface area contributed by atoms with E-state index in [4.69, 9.17) is 5.26 Å². The highest BCUT2D eigenvalue weighted by atomic mass is 19.4. The smallest absolute Gasteiger partial charge is 0.324 e. The van der Waals surface area contributed by atoms with E-state index in [0.29, 0.717) is 5.56 Å². The number of nitrogens with zero attached hydrogens (tertiary/aromatic N) is 1. The Labute approximate surface area is 115 Å². The molecule has 0 aliphatic carbocycles. The fraction of sp³-hybridized carbons (Fsp3) is 0.333. The maximum Gasteiger partial charge on any atom is 0.409 e. The molecule has 9 heteroatoms. The minimum Gasteiger partial charge on any atom is -0.324 e. The summed E-state index contributed by atoms with van der Waals surface area (Å²) in [6.07, 6.45) is -11.6. The highest BCUT2D eigenvalue weighted by Gasteiger charge is 2.61. The van der Waals surface area contributed by atoms with Crippen LogP contribution < -0.4 is 5.32 Å². The molecule has 0 unspecified atom stereocenters. The van der Waals surface area contributed by atoms with Gasteiger partial charge in [0.05, 0.1) is 11.3 Å².